The Balaban J connectivity index is 2.09. The summed E-state index contributed by atoms with van der Waals surface area (Å²) in [5.41, 5.74) is 1.60. The van der Waals surface area contributed by atoms with E-state index in [-0.39, 0.29) is 13.1 Å². The second-order valence-corrected chi connectivity index (χ2v) is 7.75. The van der Waals surface area contributed by atoms with Gasteiger partial charge in [0.2, 0.25) is 0 Å². The van der Waals surface area contributed by atoms with Crippen molar-refractivity contribution in [1.29, 1.82) is 0 Å². The Morgan fingerprint density at radius 1 is 1.00 bits per heavy atom. The summed E-state index contributed by atoms with van der Waals surface area (Å²) in [6, 6.07) is 13.8. The van der Waals surface area contributed by atoms with E-state index in [4.69, 9.17) is 11.6 Å². The lowest BCUT2D eigenvalue weighted by Crippen LogP contribution is -2.51. The van der Waals surface area contributed by atoms with Gasteiger partial charge in [-0.2, -0.15) is 8.42 Å². The van der Waals surface area contributed by atoms with Gasteiger partial charge in [0.25, 0.3) is 5.91 Å². The Morgan fingerprint density at radius 2 is 1.67 bits per heavy atom. The maximum absolute atomic E-state index is 13.0. The molecule has 0 N–H and O–H groups in total. The number of rotatable bonds is 4. The number of carbonyl (C=O) groups is 1. The minimum atomic E-state index is -3.91. The number of carbonyl (C=O) groups excluding carboxylic acids is 1. The molecule has 1 aliphatic rings. The summed E-state index contributed by atoms with van der Waals surface area (Å²) in [5.74, 6) is -0.472. The van der Waals surface area contributed by atoms with E-state index in [9.17, 15) is 13.2 Å². The van der Waals surface area contributed by atoms with Gasteiger partial charge in [-0.25, -0.2) is 8.61 Å². The smallest absolute Gasteiger partial charge is 0.268 e. The lowest BCUT2D eigenvalue weighted by atomic mass is 10.1. The summed E-state index contributed by atoms with van der Waals surface area (Å²) < 4.78 is 28.1. The van der Waals surface area contributed by atoms with Gasteiger partial charge in [0.15, 0.2) is 0 Å². The minimum Gasteiger partial charge on any atom is -0.268 e. The molecule has 0 aliphatic carbocycles. The Morgan fingerprint density at radius 3 is 2.33 bits per heavy atom. The predicted molar refractivity (Wildman–Crippen MR) is 94.3 cm³/mol. The molecule has 7 heteroatoms. The molecule has 24 heavy (non-hydrogen) atoms. The van der Waals surface area contributed by atoms with Crippen LogP contribution in [-0.2, 0) is 16.8 Å². The fraction of sp³-hybridized carbons (Fsp3) is 0.235. The highest BCUT2D eigenvalue weighted by Crippen LogP contribution is 2.33. The molecule has 0 spiro atoms. The van der Waals surface area contributed by atoms with E-state index >= 15 is 0 Å². The van der Waals surface area contributed by atoms with Crippen LogP contribution < -0.4 is 4.31 Å². The summed E-state index contributed by atoms with van der Waals surface area (Å²) in [5, 5.41) is 0.587. The highest BCUT2D eigenvalue weighted by atomic mass is 35.5. The van der Waals surface area contributed by atoms with E-state index < -0.39 is 16.1 Å². The van der Waals surface area contributed by atoms with Crippen molar-refractivity contribution in [1.82, 2.24) is 4.31 Å². The van der Waals surface area contributed by atoms with Gasteiger partial charge in [-0.05, 0) is 36.2 Å². The first kappa shape index (κ1) is 16.8. The second kappa shape index (κ2) is 6.45. The fourth-order valence-corrected chi connectivity index (χ4v) is 4.50. The monoisotopic (exact) mass is 364 g/mol. The van der Waals surface area contributed by atoms with Crippen LogP contribution in [0.2, 0.25) is 5.02 Å². The molecular formula is C17H17ClN2O3S. The van der Waals surface area contributed by atoms with Gasteiger partial charge in [0.05, 0.1) is 17.8 Å². The quantitative estimate of drug-likeness (QED) is 0.834. The van der Waals surface area contributed by atoms with Crippen LogP contribution in [0.4, 0.5) is 5.69 Å². The number of halogens is 1. The predicted octanol–water partition coefficient (Wildman–Crippen LogP) is 3.46. The molecule has 0 saturated heterocycles. The third-order valence-electron chi connectivity index (χ3n) is 3.85. The van der Waals surface area contributed by atoms with Crippen molar-refractivity contribution in [3.05, 3.63) is 64.7 Å². The SMILES string of the molecule is CCCN1C(=O)c2ccccc2N(Cc2ccc(Cl)cc2)S1(=O)=O. The van der Waals surface area contributed by atoms with Crippen molar-refractivity contribution in [3.63, 3.8) is 0 Å². The Labute approximate surface area is 146 Å². The van der Waals surface area contributed by atoms with Crippen molar-refractivity contribution in [2.45, 2.75) is 19.9 Å². The van der Waals surface area contributed by atoms with Crippen molar-refractivity contribution in [2.24, 2.45) is 0 Å². The molecular weight excluding hydrogens is 348 g/mol. The first-order valence-corrected chi connectivity index (χ1v) is 9.41. The Kier molecular flexibility index (Phi) is 4.51. The van der Waals surface area contributed by atoms with Crippen LogP contribution in [0.5, 0.6) is 0 Å². The van der Waals surface area contributed by atoms with Crippen molar-refractivity contribution in [3.8, 4) is 0 Å². The lowest BCUT2D eigenvalue weighted by molar-refractivity contribution is 0.0857. The number of fused-ring (bicyclic) bond motifs is 1. The minimum absolute atomic E-state index is 0.143. The zero-order valence-electron chi connectivity index (χ0n) is 13.1. The molecule has 0 bridgehead atoms. The lowest BCUT2D eigenvalue weighted by Gasteiger charge is -2.36. The summed E-state index contributed by atoms with van der Waals surface area (Å²) >= 11 is 5.89. The molecule has 2 aromatic rings. The number of hydrogen-bond donors (Lipinski definition) is 0. The van der Waals surface area contributed by atoms with E-state index in [1.54, 1.807) is 48.5 Å². The van der Waals surface area contributed by atoms with E-state index in [0.717, 1.165) is 9.87 Å². The number of hydrogen-bond acceptors (Lipinski definition) is 3. The van der Waals surface area contributed by atoms with Crippen LogP contribution >= 0.6 is 11.6 Å². The summed E-state index contributed by atoms with van der Waals surface area (Å²) in [6.45, 7) is 2.14. The molecule has 1 heterocycles. The highest BCUT2D eigenvalue weighted by Gasteiger charge is 2.40. The van der Waals surface area contributed by atoms with Crippen LogP contribution in [0, 0.1) is 0 Å². The third kappa shape index (κ3) is 2.87. The van der Waals surface area contributed by atoms with Gasteiger partial charge >= 0.3 is 10.2 Å². The average Bonchev–Trinajstić information content (AvgIpc) is 2.57. The summed E-state index contributed by atoms with van der Waals surface area (Å²) in [4.78, 5) is 12.6. The largest absolute Gasteiger partial charge is 0.329 e. The number of nitrogens with zero attached hydrogens (tertiary/aromatic N) is 2. The fourth-order valence-electron chi connectivity index (χ4n) is 2.70. The molecule has 2 aromatic carbocycles. The van der Waals surface area contributed by atoms with Crippen LogP contribution in [0.1, 0.15) is 29.3 Å². The molecule has 126 valence electrons. The van der Waals surface area contributed by atoms with Crippen LogP contribution in [0.25, 0.3) is 0 Å². The molecule has 0 radical (unpaired) electrons. The van der Waals surface area contributed by atoms with E-state index in [0.29, 0.717) is 22.7 Å². The van der Waals surface area contributed by atoms with Crippen LogP contribution in [-0.4, -0.2) is 25.2 Å². The zero-order valence-corrected chi connectivity index (χ0v) is 14.7. The molecule has 1 aliphatic heterocycles. The van der Waals surface area contributed by atoms with Gasteiger partial charge in [0, 0.05) is 11.6 Å². The first-order chi connectivity index (χ1) is 11.4. The van der Waals surface area contributed by atoms with E-state index in [2.05, 4.69) is 0 Å². The molecule has 0 unspecified atom stereocenters. The third-order valence-corrected chi connectivity index (χ3v) is 5.89. The van der Waals surface area contributed by atoms with Crippen LogP contribution in [0.15, 0.2) is 48.5 Å². The van der Waals surface area contributed by atoms with E-state index in [1.807, 2.05) is 6.92 Å². The van der Waals surface area contributed by atoms with Crippen molar-refractivity contribution in [2.75, 3.05) is 10.8 Å². The van der Waals surface area contributed by atoms with E-state index in [1.165, 1.54) is 4.31 Å². The standard InChI is InChI=1S/C17H17ClN2O3S/c1-2-11-19-17(21)15-5-3-4-6-16(15)20(24(19,22)23)12-13-7-9-14(18)10-8-13/h3-10H,2,11-12H2,1H3. The van der Waals surface area contributed by atoms with Gasteiger partial charge in [-0.15, -0.1) is 0 Å². The Hall–Kier alpha value is -2.05. The second-order valence-electron chi connectivity index (χ2n) is 5.54. The van der Waals surface area contributed by atoms with Gasteiger partial charge in [-0.1, -0.05) is 42.8 Å². The molecule has 0 aromatic heterocycles. The molecule has 0 fully saturated rings. The molecule has 0 saturated carbocycles. The first-order valence-electron chi connectivity index (χ1n) is 7.63. The maximum atomic E-state index is 13.0. The normalized spacial score (nSPS) is 16.2. The molecule has 5 nitrogen and oxygen atoms in total. The highest BCUT2D eigenvalue weighted by molar-refractivity contribution is 7.91. The number of para-hydroxylation sites is 1. The molecule has 3 rings (SSSR count). The number of amides is 1. The zero-order chi connectivity index (χ0) is 17.3. The van der Waals surface area contributed by atoms with Crippen LogP contribution in [0.3, 0.4) is 0 Å². The summed E-state index contributed by atoms with van der Waals surface area (Å²) in [7, 11) is -3.91. The summed E-state index contributed by atoms with van der Waals surface area (Å²) in [6.07, 6.45) is 0.557. The van der Waals surface area contributed by atoms with Crippen molar-refractivity contribution >= 4 is 33.4 Å². The molecule has 0 atom stereocenters. The van der Waals surface area contributed by atoms with Gasteiger partial charge in [-0.3, -0.25) is 4.79 Å². The topological polar surface area (TPSA) is 57.7 Å². The number of anilines is 1. The van der Waals surface area contributed by atoms with Gasteiger partial charge in [0.1, 0.15) is 0 Å². The van der Waals surface area contributed by atoms with Gasteiger partial charge < -0.3 is 0 Å². The average molecular weight is 365 g/mol. The number of benzene rings is 2. The Bertz CT molecular complexity index is 866. The maximum Gasteiger partial charge on any atom is 0.329 e. The molecule has 1 amide bonds. The van der Waals surface area contributed by atoms with Crippen molar-refractivity contribution < 1.29 is 13.2 Å².